The van der Waals surface area contributed by atoms with E-state index in [-0.39, 0.29) is 5.91 Å². The Morgan fingerprint density at radius 2 is 2.14 bits per heavy atom. The van der Waals surface area contributed by atoms with Crippen molar-refractivity contribution < 1.29 is 4.79 Å². The second kappa shape index (κ2) is 6.63. The highest BCUT2D eigenvalue weighted by Gasteiger charge is 2.23. The number of carbonyl (C=O) groups is 1. The number of thioether (sulfide) groups is 1. The van der Waals surface area contributed by atoms with Crippen molar-refractivity contribution in [3.8, 4) is 0 Å². The second-order valence-corrected chi connectivity index (χ2v) is 7.25. The predicted molar refractivity (Wildman–Crippen MR) is 94.1 cm³/mol. The summed E-state index contributed by atoms with van der Waals surface area (Å²) in [5, 5.41) is 3.99. The minimum atomic E-state index is -0.0313. The molecule has 0 saturated carbocycles. The van der Waals surface area contributed by atoms with E-state index in [9.17, 15) is 4.79 Å². The van der Waals surface area contributed by atoms with Gasteiger partial charge in [-0.15, -0.1) is 11.8 Å². The van der Waals surface area contributed by atoms with Gasteiger partial charge in [-0.2, -0.15) is 0 Å². The molecule has 1 N–H and O–H groups in total. The van der Waals surface area contributed by atoms with Crippen LogP contribution in [0.4, 0.5) is 11.4 Å². The largest absolute Gasteiger partial charge is 0.360 e. The maximum atomic E-state index is 12.3. The van der Waals surface area contributed by atoms with Gasteiger partial charge in [0.1, 0.15) is 0 Å². The Morgan fingerprint density at radius 1 is 1.32 bits per heavy atom. The van der Waals surface area contributed by atoms with Crippen LogP contribution in [0, 0.1) is 0 Å². The normalized spacial score (nSPS) is 17.0. The molecule has 0 radical (unpaired) electrons. The molecule has 3 nitrogen and oxygen atoms in total. The highest BCUT2D eigenvalue weighted by atomic mass is 35.5. The first kappa shape index (κ1) is 15.3. The zero-order chi connectivity index (χ0) is 15.5. The minimum absolute atomic E-state index is 0.0313. The van der Waals surface area contributed by atoms with Crippen molar-refractivity contribution in [3.05, 3.63) is 53.6 Å². The zero-order valence-corrected chi connectivity index (χ0v) is 13.8. The lowest BCUT2D eigenvalue weighted by molar-refractivity contribution is -0.115. The number of benzene rings is 2. The van der Waals surface area contributed by atoms with Gasteiger partial charge in [0.05, 0.1) is 12.2 Å². The monoisotopic (exact) mass is 332 g/mol. The highest BCUT2D eigenvalue weighted by Crippen LogP contribution is 2.37. The second-order valence-electron chi connectivity index (χ2n) is 5.34. The van der Waals surface area contributed by atoms with Crippen LogP contribution >= 0.6 is 23.4 Å². The Morgan fingerprint density at radius 3 is 2.95 bits per heavy atom. The molecule has 1 aliphatic heterocycles. The van der Waals surface area contributed by atoms with Crippen LogP contribution in [0.2, 0.25) is 5.02 Å². The fourth-order valence-electron chi connectivity index (χ4n) is 2.57. The molecule has 2 aromatic rings. The van der Waals surface area contributed by atoms with Crippen molar-refractivity contribution in [2.24, 2.45) is 0 Å². The highest BCUT2D eigenvalue weighted by molar-refractivity contribution is 8.00. The Kier molecular flexibility index (Phi) is 4.60. The number of rotatable bonds is 3. The van der Waals surface area contributed by atoms with Gasteiger partial charge in [0.15, 0.2) is 0 Å². The van der Waals surface area contributed by atoms with Crippen LogP contribution in [0.5, 0.6) is 0 Å². The van der Waals surface area contributed by atoms with Crippen LogP contribution < -0.4 is 10.2 Å². The number of nitrogens with zero attached hydrogens (tertiary/aromatic N) is 1. The Hall–Kier alpha value is -1.65. The van der Waals surface area contributed by atoms with Crippen molar-refractivity contribution in [1.82, 2.24) is 0 Å². The summed E-state index contributed by atoms with van der Waals surface area (Å²) in [6.07, 6.45) is 0. The van der Waals surface area contributed by atoms with Crippen LogP contribution in [-0.2, 0) is 4.79 Å². The average molecular weight is 333 g/mol. The van der Waals surface area contributed by atoms with E-state index in [4.69, 9.17) is 11.6 Å². The number of hydrogen-bond donors (Lipinski definition) is 1. The van der Waals surface area contributed by atoms with Gasteiger partial charge in [-0.25, -0.2) is 0 Å². The molecule has 5 heteroatoms. The third kappa shape index (κ3) is 3.57. The quantitative estimate of drug-likeness (QED) is 0.910. The molecule has 0 unspecified atom stereocenters. The molecule has 0 aromatic heterocycles. The molecule has 0 bridgehead atoms. The fourth-order valence-corrected chi connectivity index (χ4v) is 3.92. The van der Waals surface area contributed by atoms with Crippen molar-refractivity contribution in [2.75, 3.05) is 23.3 Å². The molecule has 0 aliphatic carbocycles. The number of anilines is 2. The smallest absolute Gasteiger partial charge is 0.243 e. The van der Waals surface area contributed by atoms with Gasteiger partial charge in [-0.1, -0.05) is 36.7 Å². The van der Waals surface area contributed by atoms with Crippen LogP contribution in [-0.4, -0.2) is 24.2 Å². The lowest BCUT2D eigenvalue weighted by atomic mass is 10.2. The van der Waals surface area contributed by atoms with Crippen LogP contribution in [0.15, 0.2) is 53.4 Å². The van der Waals surface area contributed by atoms with Crippen molar-refractivity contribution in [3.63, 3.8) is 0 Å². The first-order valence-corrected chi connectivity index (χ1v) is 8.43. The van der Waals surface area contributed by atoms with E-state index in [1.807, 2.05) is 36.0 Å². The summed E-state index contributed by atoms with van der Waals surface area (Å²) in [5.41, 5.74) is 1.86. The summed E-state index contributed by atoms with van der Waals surface area (Å²) in [6, 6.07) is 15.4. The van der Waals surface area contributed by atoms with E-state index in [1.54, 1.807) is 12.1 Å². The number of para-hydroxylation sites is 1. The van der Waals surface area contributed by atoms with Gasteiger partial charge in [0.25, 0.3) is 0 Å². The molecule has 1 amide bonds. The minimum Gasteiger partial charge on any atom is -0.360 e. The van der Waals surface area contributed by atoms with Gasteiger partial charge in [0, 0.05) is 27.4 Å². The van der Waals surface area contributed by atoms with Gasteiger partial charge >= 0.3 is 0 Å². The molecule has 114 valence electrons. The van der Waals surface area contributed by atoms with E-state index in [0.29, 0.717) is 16.8 Å². The molecule has 0 spiro atoms. The molecule has 1 heterocycles. The fraction of sp³-hybridized carbons (Fsp3) is 0.235. The molecule has 2 aromatic carbocycles. The summed E-state index contributed by atoms with van der Waals surface area (Å²) in [5.74, 6) is -0.0313. The number of hydrogen-bond acceptors (Lipinski definition) is 3. The first-order valence-electron chi connectivity index (χ1n) is 7.18. The van der Waals surface area contributed by atoms with Crippen molar-refractivity contribution >= 4 is 40.6 Å². The predicted octanol–water partition coefficient (Wildman–Crippen LogP) is 4.28. The van der Waals surface area contributed by atoms with E-state index >= 15 is 0 Å². The number of carbonyl (C=O) groups excluding carboxylic acids is 1. The topological polar surface area (TPSA) is 32.3 Å². The first-order chi connectivity index (χ1) is 10.6. The lowest BCUT2D eigenvalue weighted by Crippen LogP contribution is -2.39. The summed E-state index contributed by atoms with van der Waals surface area (Å²) in [4.78, 5) is 15.7. The molecule has 0 fully saturated rings. The maximum absolute atomic E-state index is 12.3. The lowest BCUT2D eigenvalue weighted by Gasteiger charge is -2.33. The number of nitrogens with one attached hydrogen (secondary N) is 1. The van der Waals surface area contributed by atoms with Gasteiger partial charge in [0.2, 0.25) is 5.91 Å². The Balaban J connectivity index is 1.71. The standard InChI is InChI=1S/C17H17ClN2OS/c1-12-10-20(15-7-2-3-8-16(15)22-12)11-17(21)19-14-6-4-5-13(18)9-14/h2-9,12H,10-11H2,1H3,(H,19,21)/t12-/m1/s1. The summed E-state index contributed by atoms with van der Waals surface area (Å²) >= 11 is 7.80. The number of halogens is 1. The molecule has 1 aliphatic rings. The maximum Gasteiger partial charge on any atom is 0.243 e. The van der Waals surface area contributed by atoms with Crippen LogP contribution in [0.1, 0.15) is 6.92 Å². The molecule has 1 atom stereocenters. The van der Waals surface area contributed by atoms with Gasteiger partial charge in [-0.3, -0.25) is 4.79 Å². The zero-order valence-electron chi connectivity index (χ0n) is 12.3. The third-order valence-electron chi connectivity index (χ3n) is 3.45. The molecular weight excluding hydrogens is 316 g/mol. The van der Waals surface area contributed by atoms with Gasteiger partial charge in [-0.05, 0) is 30.3 Å². The summed E-state index contributed by atoms with van der Waals surface area (Å²) < 4.78 is 0. The number of fused-ring (bicyclic) bond motifs is 1. The Labute approximate surface area is 139 Å². The third-order valence-corrected chi connectivity index (χ3v) is 4.84. The summed E-state index contributed by atoms with van der Waals surface area (Å²) in [6.45, 7) is 3.39. The van der Waals surface area contributed by atoms with E-state index in [0.717, 1.165) is 17.9 Å². The van der Waals surface area contributed by atoms with E-state index < -0.39 is 0 Å². The molecular formula is C17H17ClN2OS. The van der Waals surface area contributed by atoms with E-state index in [1.165, 1.54) is 4.90 Å². The molecule has 0 saturated heterocycles. The van der Waals surface area contributed by atoms with Crippen LogP contribution in [0.3, 0.4) is 0 Å². The van der Waals surface area contributed by atoms with Crippen molar-refractivity contribution in [2.45, 2.75) is 17.1 Å². The number of amides is 1. The van der Waals surface area contributed by atoms with Gasteiger partial charge < -0.3 is 10.2 Å². The SMILES string of the molecule is C[C@@H]1CN(CC(=O)Nc2cccc(Cl)c2)c2ccccc2S1. The summed E-state index contributed by atoms with van der Waals surface area (Å²) in [7, 11) is 0. The average Bonchev–Trinajstić information content (AvgIpc) is 2.47. The Bertz CT molecular complexity index is 692. The molecule has 3 rings (SSSR count). The van der Waals surface area contributed by atoms with Crippen molar-refractivity contribution in [1.29, 1.82) is 0 Å². The molecule has 22 heavy (non-hydrogen) atoms. The van der Waals surface area contributed by atoms with E-state index in [2.05, 4.69) is 29.3 Å². The van der Waals surface area contributed by atoms with Crippen LogP contribution in [0.25, 0.3) is 0 Å².